The molecule has 1 N–H and O–H groups in total. The molecule has 11 heteroatoms. The molecule has 1 unspecified atom stereocenters. The number of nitrogens with zero attached hydrogens (tertiary/aromatic N) is 1. The van der Waals surface area contributed by atoms with Crippen LogP contribution in [0.5, 0.6) is 0 Å². The molecule has 3 aromatic rings. The molecule has 178 valence electrons. The zero-order valence-corrected chi connectivity index (χ0v) is 19.8. The van der Waals surface area contributed by atoms with Crippen LogP contribution >= 0.6 is 0 Å². The highest BCUT2D eigenvalue weighted by atomic mass is 32.2. The van der Waals surface area contributed by atoms with Crippen LogP contribution in [-0.2, 0) is 37.9 Å². The van der Waals surface area contributed by atoms with E-state index in [0.29, 0.717) is 23.9 Å². The maximum absolute atomic E-state index is 13.4. The zero-order chi connectivity index (χ0) is 23.5. The second-order valence-corrected chi connectivity index (χ2v) is 11.5. The topological polar surface area (TPSA) is 119 Å². The van der Waals surface area contributed by atoms with Crippen LogP contribution < -0.4 is 4.72 Å². The molecular weight excluding hydrogens is 468 g/mol. The lowest BCUT2D eigenvalue weighted by Crippen LogP contribution is -2.32. The van der Waals surface area contributed by atoms with Gasteiger partial charge in [0.05, 0.1) is 35.2 Å². The fraction of sp³-hybridized carbons (Fsp3) is 0.364. The van der Waals surface area contributed by atoms with Crippen LogP contribution in [0.15, 0.2) is 73.4 Å². The summed E-state index contributed by atoms with van der Waals surface area (Å²) in [6.45, 7) is 2.59. The quantitative estimate of drug-likeness (QED) is 0.460. The van der Waals surface area contributed by atoms with Crippen LogP contribution in [0.4, 0.5) is 0 Å². The van der Waals surface area contributed by atoms with Gasteiger partial charge in [-0.15, -0.1) is 0 Å². The van der Waals surface area contributed by atoms with Crippen molar-refractivity contribution in [3.63, 3.8) is 0 Å². The molecule has 4 rings (SSSR count). The third-order valence-corrected chi connectivity index (χ3v) is 8.58. The fourth-order valence-electron chi connectivity index (χ4n) is 3.58. The minimum Gasteiger partial charge on any atom is -0.468 e. The van der Waals surface area contributed by atoms with E-state index < -0.39 is 20.0 Å². The van der Waals surface area contributed by atoms with Crippen LogP contribution in [0.25, 0.3) is 0 Å². The molecule has 1 saturated heterocycles. The molecular formula is C22H26N2O7S2. The Hall–Kier alpha value is -2.44. The van der Waals surface area contributed by atoms with Crippen molar-refractivity contribution < 1.29 is 30.4 Å². The Kier molecular flexibility index (Phi) is 7.05. The molecule has 1 atom stereocenters. The summed E-state index contributed by atoms with van der Waals surface area (Å²) in [5.74, 6) is 1.63. The van der Waals surface area contributed by atoms with E-state index >= 15 is 0 Å². The van der Waals surface area contributed by atoms with E-state index in [1.165, 1.54) is 34.8 Å². The molecule has 0 amide bonds. The van der Waals surface area contributed by atoms with Gasteiger partial charge in [-0.05, 0) is 68.3 Å². The van der Waals surface area contributed by atoms with Crippen molar-refractivity contribution in [2.45, 2.75) is 48.7 Å². The molecule has 0 spiro atoms. The maximum atomic E-state index is 13.4. The van der Waals surface area contributed by atoms with Gasteiger partial charge in [0.15, 0.2) is 0 Å². The van der Waals surface area contributed by atoms with Crippen molar-refractivity contribution in [2.24, 2.45) is 0 Å². The lowest BCUT2D eigenvalue weighted by atomic mass is 10.2. The molecule has 0 aliphatic carbocycles. The molecule has 0 bridgehead atoms. The zero-order valence-electron chi connectivity index (χ0n) is 18.1. The first-order valence-electron chi connectivity index (χ1n) is 10.5. The second-order valence-electron chi connectivity index (χ2n) is 7.82. The summed E-state index contributed by atoms with van der Waals surface area (Å²) in [5.41, 5.74) is 0. The van der Waals surface area contributed by atoms with Gasteiger partial charge in [-0.25, -0.2) is 21.6 Å². The average molecular weight is 495 g/mol. The predicted octanol–water partition coefficient (Wildman–Crippen LogP) is 3.03. The van der Waals surface area contributed by atoms with Gasteiger partial charge in [0, 0.05) is 13.2 Å². The lowest BCUT2D eigenvalue weighted by molar-refractivity contribution is 0.114. The first-order valence-corrected chi connectivity index (χ1v) is 13.5. The Balaban J connectivity index is 1.54. The van der Waals surface area contributed by atoms with Crippen molar-refractivity contribution in [3.8, 4) is 0 Å². The van der Waals surface area contributed by atoms with Gasteiger partial charge in [-0.3, -0.25) is 0 Å². The molecule has 1 aliphatic heterocycles. The standard InChI is InChI=1S/C22H26N2O7S2/c1-17-6-7-20(31-17)16-24(15-19-5-3-13-30-19)33(27,28)22-10-8-21(9-11-22)32(25,26)23-14-18-4-2-12-29-18/h3,5-11,13,18,23H,2,4,12,14-16H2,1H3. The van der Waals surface area contributed by atoms with E-state index in [1.807, 2.05) is 0 Å². The van der Waals surface area contributed by atoms with Crippen molar-refractivity contribution in [1.82, 2.24) is 9.03 Å². The Morgan fingerprint density at radius 3 is 2.30 bits per heavy atom. The van der Waals surface area contributed by atoms with Gasteiger partial charge in [0.2, 0.25) is 20.0 Å². The third-order valence-electron chi connectivity index (χ3n) is 5.34. The molecule has 33 heavy (non-hydrogen) atoms. The summed E-state index contributed by atoms with van der Waals surface area (Å²) in [6.07, 6.45) is 3.05. The largest absolute Gasteiger partial charge is 0.468 e. The van der Waals surface area contributed by atoms with Gasteiger partial charge < -0.3 is 13.6 Å². The Morgan fingerprint density at radius 2 is 1.70 bits per heavy atom. The smallest absolute Gasteiger partial charge is 0.243 e. The molecule has 1 aliphatic rings. The summed E-state index contributed by atoms with van der Waals surface area (Å²) in [5, 5.41) is 0. The summed E-state index contributed by atoms with van der Waals surface area (Å²) in [7, 11) is -7.76. The number of furan rings is 2. The Bertz CT molecular complexity index is 1260. The van der Waals surface area contributed by atoms with Gasteiger partial charge in [0.1, 0.15) is 17.3 Å². The van der Waals surface area contributed by atoms with Crippen LogP contribution in [0, 0.1) is 6.92 Å². The molecule has 3 heterocycles. The SMILES string of the molecule is Cc1ccc(CN(Cc2ccco2)S(=O)(=O)c2ccc(S(=O)(=O)NCC3CCCO3)cc2)o1. The highest BCUT2D eigenvalue weighted by molar-refractivity contribution is 7.89. The van der Waals surface area contributed by atoms with Crippen LogP contribution in [0.2, 0.25) is 0 Å². The molecule has 2 aromatic heterocycles. The summed E-state index contributed by atoms with van der Waals surface area (Å²) >= 11 is 0. The molecule has 9 nitrogen and oxygen atoms in total. The third kappa shape index (κ3) is 5.74. The minimum atomic E-state index is -3.98. The minimum absolute atomic E-state index is 0.000132. The fourth-order valence-corrected chi connectivity index (χ4v) is 6.02. The predicted molar refractivity (Wildman–Crippen MR) is 119 cm³/mol. The van der Waals surface area contributed by atoms with E-state index in [2.05, 4.69) is 4.72 Å². The summed E-state index contributed by atoms with van der Waals surface area (Å²) in [4.78, 5) is -0.0471. The van der Waals surface area contributed by atoms with E-state index in [9.17, 15) is 16.8 Å². The van der Waals surface area contributed by atoms with Crippen LogP contribution in [-0.4, -0.2) is 40.4 Å². The van der Waals surface area contributed by atoms with Gasteiger partial charge >= 0.3 is 0 Å². The van der Waals surface area contributed by atoms with Gasteiger partial charge in [0.25, 0.3) is 0 Å². The number of nitrogens with one attached hydrogen (secondary N) is 1. The van der Waals surface area contributed by atoms with Crippen LogP contribution in [0.3, 0.4) is 0 Å². The van der Waals surface area contributed by atoms with Crippen molar-refractivity contribution >= 4 is 20.0 Å². The normalized spacial score (nSPS) is 17.1. The molecule has 1 aromatic carbocycles. The highest BCUT2D eigenvalue weighted by Gasteiger charge is 2.28. The van der Waals surface area contributed by atoms with E-state index in [1.54, 1.807) is 31.2 Å². The van der Waals surface area contributed by atoms with E-state index in [0.717, 1.165) is 12.8 Å². The molecule has 1 fully saturated rings. The van der Waals surface area contributed by atoms with Gasteiger partial charge in [-0.2, -0.15) is 4.31 Å². The monoisotopic (exact) mass is 494 g/mol. The van der Waals surface area contributed by atoms with Crippen molar-refractivity contribution in [1.29, 1.82) is 0 Å². The molecule has 0 saturated carbocycles. The summed E-state index contributed by atoms with van der Waals surface area (Å²) in [6, 6.07) is 12.0. The number of rotatable bonds is 10. The second kappa shape index (κ2) is 9.82. The van der Waals surface area contributed by atoms with Gasteiger partial charge in [-0.1, -0.05) is 0 Å². The highest BCUT2D eigenvalue weighted by Crippen LogP contribution is 2.24. The number of sulfonamides is 2. The maximum Gasteiger partial charge on any atom is 0.243 e. The van der Waals surface area contributed by atoms with E-state index in [4.69, 9.17) is 13.6 Å². The average Bonchev–Trinajstić information content (AvgIpc) is 3.56. The van der Waals surface area contributed by atoms with E-state index in [-0.39, 0.29) is 35.5 Å². The summed E-state index contributed by atoms with van der Waals surface area (Å²) < 4.78 is 72.0. The van der Waals surface area contributed by atoms with Crippen molar-refractivity contribution in [3.05, 3.63) is 72.1 Å². The number of benzene rings is 1. The number of aryl methyl sites for hydroxylation is 1. The number of ether oxygens (including phenoxy) is 1. The lowest BCUT2D eigenvalue weighted by Gasteiger charge is -2.20. The van der Waals surface area contributed by atoms with Crippen LogP contribution in [0.1, 0.15) is 30.1 Å². The Labute approximate surface area is 193 Å². The Morgan fingerprint density at radius 1 is 0.970 bits per heavy atom. The van der Waals surface area contributed by atoms with Crippen molar-refractivity contribution in [2.75, 3.05) is 13.2 Å². The first-order chi connectivity index (χ1) is 15.7. The molecule has 0 radical (unpaired) electrons. The number of hydrogen-bond acceptors (Lipinski definition) is 7. The number of hydrogen-bond donors (Lipinski definition) is 1. The first kappa shape index (κ1) is 23.7.